The van der Waals surface area contributed by atoms with Crippen LogP contribution in [-0.4, -0.2) is 31.0 Å². The lowest BCUT2D eigenvalue weighted by Gasteiger charge is -2.14. The Kier molecular flexibility index (Phi) is 2.06. The van der Waals surface area contributed by atoms with Crippen LogP contribution in [-0.2, 0) is 0 Å². The molecule has 0 bridgehead atoms. The Balaban J connectivity index is 2.48. The van der Waals surface area contributed by atoms with Crippen molar-refractivity contribution in [1.82, 2.24) is 5.01 Å². The zero-order valence-electron chi connectivity index (χ0n) is 5.93. The second-order valence-corrected chi connectivity index (χ2v) is 2.58. The molecule has 0 aromatic rings. The summed E-state index contributed by atoms with van der Waals surface area (Å²) in [5.74, 6) is -1.21. The maximum atomic E-state index is 12.0. The first-order valence-corrected chi connectivity index (χ1v) is 3.32. The molecule has 1 unspecified atom stereocenters. The molecule has 0 saturated carbocycles. The minimum absolute atomic E-state index is 0.0347. The molecule has 2 nitrogen and oxygen atoms in total. The standard InChI is InChI=1S/C6H9F3N2/c1-10-11-3-2-5(4-11)6(7,8)9/h5H,1-4H2. The molecule has 5 heteroatoms. The number of hydrazone groups is 1. The van der Waals surface area contributed by atoms with Gasteiger partial charge in [-0.3, -0.25) is 5.01 Å². The second-order valence-electron chi connectivity index (χ2n) is 2.58. The largest absolute Gasteiger partial charge is 0.393 e. The average Bonchev–Trinajstić information content (AvgIpc) is 2.32. The summed E-state index contributed by atoms with van der Waals surface area (Å²) < 4.78 is 35.9. The summed E-state index contributed by atoms with van der Waals surface area (Å²) >= 11 is 0. The third-order valence-electron chi connectivity index (χ3n) is 1.83. The maximum absolute atomic E-state index is 12.0. The predicted octanol–water partition coefficient (Wildman–Crippen LogP) is 1.49. The van der Waals surface area contributed by atoms with Crippen LogP contribution in [0.3, 0.4) is 0 Å². The molecule has 11 heavy (non-hydrogen) atoms. The Bertz CT molecular complexity index is 154. The molecule has 1 saturated heterocycles. The van der Waals surface area contributed by atoms with Crippen molar-refractivity contribution in [3.63, 3.8) is 0 Å². The van der Waals surface area contributed by atoms with Crippen molar-refractivity contribution >= 4 is 6.72 Å². The van der Waals surface area contributed by atoms with Crippen LogP contribution in [0.25, 0.3) is 0 Å². The van der Waals surface area contributed by atoms with Crippen molar-refractivity contribution < 1.29 is 13.2 Å². The molecule has 1 heterocycles. The van der Waals surface area contributed by atoms with Crippen LogP contribution in [0.5, 0.6) is 0 Å². The molecule has 0 aliphatic carbocycles. The lowest BCUT2D eigenvalue weighted by Crippen LogP contribution is -2.25. The zero-order valence-corrected chi connectivity index (χ0v) is 5.93. The van der Waals surface area contributed by atoms with E-state index in [-0.39, 0.29) is 13.0 Å². The van der Waals surface area contributed by atoms with Crippen molar-refractivity contribution in [2.75, 3.05) is 13.1 Å². The van der Waals surface area contributed by atoms with Gasteiger partial charge in [-0.25, -0.2) is 0 Å². The van der Waals surface area contributed by atoms with Crippen molar-refractivity contribution in [1.29, 1.82) is 0 Å². The molecule has 1 fully saturated rings. The van der Waals surface area contributed by atoms with Crippen molar-refractivity contribution in [3.8, 4) is 0 Å². The van der Waals surface area contributed by atoms with Gasteiger partial charge < -0.3 is 0 Å². The summed E-state index contributed by atoms with van der Waals surface area (Å²) in [7, 11) is 0. The first kappa shape index (κ1) is 8.36. The van der Waals surface area contributed by atoms with Gasteiger partial charge in [-0.15, -0.1) is 0 Å². The third kappa shape index (κ3) is 1.85. The van der Waals surface area contributed by atoms with Crippen LogP contribution in [0, 0.1) is 5.92 Å². The van der Waals surface area contributed by atoms with E-state index in [0.717, 1.165) is 0 Å². The number of hydrogen-bond donors (Lipinski definition) is 0. The fourth-order valence-electron chi connectivity index (χ4n) is 1.14. The molecule has 0 spiro atoms. The quantitative estimate of drug-likeness (QED) is 0.539. The minimum Gasteiger partial charge on any atom is -0.297 e. The van der Waals surface area contributed by atoms with Gasteiger partial charge in [0, 0.05) is 19.8 Å². The highest BCUT2D eigenvalue weighted by Gasteiger charge is 2.43. The van der Waals surface area contributed by atoms with Gasteiger partial charge in [0.1, 0.15) is 0 Å². The summed E-state index contributed by atoms with van der Waals surface area (Å²) in [6.07, 6.45) is -3.93. The van der Waals surface area contributed by atoms with Crippen LogP contribution in [0.1, 0.15) is 6.42 Å². The van der Waals surface area contributed by atoms with E-state index in [2.05, 4.69) is 11.8 Å². The van der Waals surface area contributed by atoms with E-state index >= 15 is 0 Å². The number of hydrogen-bond acceptors (Lipinski definition) is 2. The molecular weight excluding hydrogens is 157 g/mol. The maximum Gasteiger partial charge on any atom is 0.393 e. The molecule has 1 rings (SSSR count). The summed E-state index contributed by atoms with van der Waals surface area (Å²) in [4.78, 5) is 0. The highest BCUT2D eigenvalue weighted by Crippen LogP contribution is 2.33. The summed E-state index contributed by atoms with van der Waals surface area (Å²) in [5, 5.41) is 4.78. The smallest absolute Gasteiger partial charge is 0.297 e. The first-order chi connectivity index (χ1) is 5.04. The topological polar surface area (TPSA) is 15.6 Å². The molecule has 1 atom stereocenters. The van der Waals surface area contributed by atoms with E-state index in [1.54, 1.807) is 0 Å². The molecule has 0 aromatic carbocycles. The van der Waals surface area contributed by atoms with Gasteiger partial charge in [-0.2, -0.15) is 18.3 Å². The Labute approximate surface area is 62.7 Å². The Hall–Kier alpha value is -0.740. The predicted molar refractivity (Wildman–Crippen MR) is 35.3 cm³/mol. The van der Waals surface area contributed by atoms with E-state index in [0.29, 0.717) is 6.54 Å². The molecule has 0 amide bonds. The lowest BCUT2D eigenvalue weighted by atomic mass is 10.1. The van der Waals surface area contributed by atoms with Gasteiger partial charge in [0.25, 0.3) is 0 Å². The van der Waals surface area contributed by atoms with Crippen molar-refractivity contribution in [2.45, 2.75) is 12.6 Å². The van der Waals surface area contributed by atoms with E-state index in [9.17, 15) is 13.2 Å². The fourth-order valence-corrected chi connectivity index (χ4v) is 1.14. The van der Waals surface area contributed by atoms with E-state index in [1.165, 1.54) is 5.01 Å². The van der Waals surface area contributed by atoms with Gasteiger partial charge in [0.05, 0.1) is 5.92 Å². The van der Waals surface area contributed by atoms with Gasteiger partial charge >= 0.3 is 6.18 Å². The van der Waals surface area contributed by atoms with Crippen molar-refractivity contribution in [2.24, 2.45) is 11.0 Å². The average molecular weight is 166 g/mol. The highest BCUT2D eigenvalue weighted by atomic mass is 19.4. The number of nitrogens with zero attached hydrogens (tertiary/aromatic N) is 2. The fraction of sp³-hybridized carbons (Fsp3) is 0.833. The molecule has 1 aliphatic rings. The van der Waals surface area contributed by atoms with Crippen LogP contribution in [0.4, 0.5) is 13.2 Å². The van der Waals surface area contributed by atoms with Crippen LogP contribution in [0.15, 0.2) is 5.10 Å². The third-order valence-corrected chi connectivity index (χ3v) is 1.83. The monoisotopic (exact) mass is 166 g/mol. The minimum atomic E-state index is -4.07. The second kappa shape index (κ2) is 2.71. The number of alkyl halides is 3. The Morgan fingerprint density at radius 1 is 1.45 bits per heavy atom. The Morgan fingerprint density at radius 3 is 2.36 bits per heavy atom. The van der Waals surface area contributed by atoms with Crippen LogP contribution >= 0.6 is 0 Å². The molecular formula is C6H9F3N2. The first-order valence-electron chi connectivity index (χ1n) is 3.32. The lowest BCUT2D eigenvalue weighted by molar-refractivity contribution is -0.170. The number of rotatable bonds is 1. The molecule has 0 radical (unpaired) electrons. The zero-order chi connectivity index (χ0) is 8.48. The van der Waals surface area contributed by atoms with Crippen molar-refractivity contribution in [3.05, 3.63) is 0 Å². The van der Waals surface area contributed by atoms with Gasteiger partial charge in [0.15, 0.2) is 0 Å². The van der Waals surface area contributed by atoms with Crippen LogP contribution < -0.4 is 0 Å². The summed E-state index contributed by atoms with van der Waals surface area (Å²) in [6.45, 7) is 3.50. The normalized spacial score (nSPS) is 25.7. The molecule has 0 aromatic heterocycles. The summed E-state index contributed by atoms with van der Waals surface area (Å²) in [5.41, 5.74) is 0. The molecule has 1 aliphatic heterocycles. The SMILES string of the molecule is C=NN1CCC(C(F)(F)F)C1. The Morgan fingerprint density at radius 2 is 2.09 bits per heavy atom. The molecule has 64 valence electrons. The van der Waals surface area contributed by atoms with E-state index < -0.39 is 12.1 Å². The van der Waals surface area contributed by atoms with Gasteiger partial charge in [-0.05, 0) is 6.42 Å². The summed E-state index contributed by atoms with van der Waals surface area (Å²) in [6, 6.07) is 0. The number of halogens is 3. The molecule has 0 N–H and O–H groups in total. The van der Waals surface area contributed by atoms with Gasteiger partial charge in [0.2, 0.25) is 0 Å². The van der Waals surface area contributed by atoms with Gasteiger partial charge in [-0.1, -0.05) is 0 Å². The van der Waals surface area contributed by atoms with E-state index in [1.807, 2.05) is 0 Å². The van der Waals surface area contributed by atoms with Crippen LogP contribution in [0.2, 0.25) is 0 Å². The van der Waals surface area contributed by atoms with E-state index in [4.69, 9.17) is 0 Å². The highest BCUT2D eigenvalue weighted by molar-refractivity contribution is 5.22.